The van der Waals surface area contributed by atoms with E-state index in [0.717, 1.165) is 22.7 Å². The molecule has 0 radical (unpaired) electrons. The van der Waals surface area contributed by atoms with Gasteiger partial charge in [-0.25, -0.2) is 0 Å². The van der Waals surface area contributed by atoms with Crippen LogP contribution in [-0.4, -0.2) is 0 Å². The minimum atomic E-state index is 1.08. The molecule has 0 saturated heterocycles. The Morgan fingerprint density at radius 1 is 0.467 bits per heavy atom. The monoisotopic (exact) mass is 424 g/mol. The average molecular weight is 425 g/mol. The van der Waals surface area contributed by atoms with Crippen LogP contribution >= 0.6 is 22.7 Å². The first-order valence-corrected chi connectivity index (χ1v) is 11.5. The van der Waals surface area contributed by atoms with Crippen molar-refractivity contribution in [3.8, 4) is 20.9 Å². The molecular weight excluding hydrogens is 404 g/mol. The second-order valence-corrected chi connectivity index (χ2v) is 8.78. The fraction of sp³-hybridized carbons (Fsp3) is 0. The summed E-state index contributed by atoms with van der Waals surface area (Å²) >= 11 is 3.51. The molecule has 5 aromatic rings. The van der Waals surface area contributed by atoms with Gasteiger partial charge in [0.15, 0.2) is 0 Å². The molecule has 2 N–H and O–H groups in total. The molecule has 2 heterocycles. The minimum absolute atomic E-state index is 1.08. The first kappa shape index (κ1) is 18.7. The number of hydrogen-bond donors (Lipinski definition) is 2. The fourth-order valence-electron chi connectivity index (χ4n) is 3.43. The lowest BCUT2D eigenvalue weighted by atomic mass is 10.0. The van der Waals surface area contributed by atoms with Gasteiger partial charge in [0.25, 0.3) is 0 Å². The van der Waals surface area contributed by atoms with Gasteiger partial charge in [-0.3, -0.25) is 0 Å². The number of nitrogens with one attached hydrogen (secondary N) is 2. The van der Waals surface area contributed by atoms with E-state index in [1.165, 1.54) is 20.9 Å². The predicted molar refractivity (Wildman–Crippen MR) is 133 cm³/mol. The second kappa shape index (κ2) is 8.57. The summed E-state index contributed by atoms with van der Waals surface area (Å²) in [5.74, 6) is 0. The predicted octanol–water partition coefficient (Wildman–Crippen LogP) is 8.63. The van der Waals surface area contributed by atoms with Crippen molar-refractivity contribution < 1.29 is 0 Å². The van der Waals surface area contributed by atoms with Crippen molar-refractivity contribution in [3.05, 3.63) is 108 Å². The molecule has 146 valence electrons. The van der Waals surface area contributed by atoms with Crippen LogP contribution in [-0.2, 0) is 0 Å². The largest absolute Gasteiger partial charge is 0.355 e. The van der Waals surface area contributed by atoms with Crippen molar-refractivity contribution in [1.29, 1.82) is 0 Å². The standard InChI is InChI=1S/C26H20N2S2/c1-3-9-19(10-4-1)27-23-17-22(26-14-8-16-30-26)24(28-20-11-5-2-6-12-20)18-21(23)25-13-7-15-29-25/h1-18,27-28H. The van der Waals surface area contributed by atoms with E-state index in [9.17, 15) is 0 Å². The zero-order valence-electron chi connectivity index (χ0n) is 16.2. The van der Waals surface area contributed by atoms with Gasteiger partial charge < -0.3 is 10.6 Å². The molecule has 30 heavy (non-hydrogen) atoms. The van der Waals surface area contributed by atoms with E-state index in [2.05, 4.69) is 106 Å². The smallest absolute Gasteiger partial charge is 0.0480 e. The second-order valence-electron chi connectivity index (χ2n) is 6.88. The SMILES string of the molecule is c1ccc(Nc2cc(-c3cccs3)c(Nc3ccccc3)cc2-c2cccs2)cc1. The van der Waals surface area contributed by atoms with Gasteiger partial charge in [-0.05, 0) is 59.3 Å². The summed E-state index contributed by atoms with van der Waals surface area (Å²) in [6.45, 7) is 0. The summed E-state index contributed by atoms with van der Waals surface area (Å²) in [7, 11) is 0. The lowest BCUT2D eigenvalue weighted by Crippen LogP contribution is -1.98. The first-order valence-electron chi connectivity index (χ1n) is 9.77. The van der Waals surface area contributed by atoms with E-state index in [1.54, 1.807) is 22.7 Å². The zero-order chi connectivity index (χ0) is 20.2. The number of benzene rings is 3. The molecule has 0 aliphatic carbocycles. The maximum absolute atomic E-state index is 3.64. The van der Waals surface area contributed by atoms with Crippen molar-refractivity contribution in [1.82, 2.24) is 0 Å². The van der Waals surface area contributed by atoms with E-state index >= 15 is 0 Å². The Morgan fingerprint density at radius 2 is 0.900 bits per heavy atom. The first-order chi connectivity index (χ1) is 14.9. The number of rotatable bonds is 6. The Morgan fingerprint density at radius 3 is 1.27 bits per heavy atom. The molecule has 0 spiro atoms. The highest BCUT2D eigenvalue weighted by Gasteiger charge is 2.15. The Labute approximate surface area is 184 Å². The van der Waals surface area contributed by atoms with Crippen molar-refractivity contribution in [2.75, 3.05) is 10.6 Å². The Bertz CT molecular complexity index is 1110. The Hall–Kier alpha value is -3.34. The van der Waals surface area contributed by atoms with Crippen LogP contribution in [0.3, 0.4) is 0 Å². The molecule has 0 fully saturated rings. The maximum atomic E-state index is 3.64. The maximum Gasteiger partial charge on any atom is 0.0480 e. The van der Waals surface area contributed by atoms with Crippen LogP contribution in [0.2, 0.25) is 0 Å². The summed E-state index contributed by atoms with van der Waals surface area (Å²) < 4.78 is 0. The molecule has 4 heteroatoms. The van der Waals surface area contributed by atoms with Gasteiger partial charge >= 0.3 is 0 Å². The number of anilines is 4. The normalized spacial score (nSPS) is 10.7. The average Bonchev–Trinajstić information content (AvgIpc) is 3.51. The van der Waals surface area contributed by atoms with Gasteiger partial charge in [0.2, 0.25) is 0 Å². The lowest BCUT2D eigenvalue weighted by molar-refractivity contribution is 1.52. The minimum Gasteiger partial charge on any atom is -0.355 e. The highest BCUT2D eigenvalue weighted by Crippen LogP contribution is 2.43. The van der Waals surface area contributed by atoms with Crippen LogP contribution in [0.25, 0.3) is 20.9 Å². The molecule has 0 saturated carbocycles. The third kappa shape index (κ3) is 4.01. The van der Waals surface area contributed by atoms with Gasteiger partial charge in [-0.2, -0.15) is 0 Å². The molecule has 5 rings (SSSR count). The van der Waals surface area contributed by atoms with E-state index in [4.69, 9.17) is 0 Å². The van der Waals surface area contributed by atoms with Crippen molar-refractivity contribution in [2.45, 2.75) is 0 Å². The van der Waals surface area contributed by atoms with Gasteiger partial charge in [0, 0.05) is 43.6 Å². The fourth-order valence-corrected chi connectivity index (χ4v) is 4.95. The molecule has 0 aliphatic heterocycles. The highest BCUT2D eigenvalue weighted by atomic mass is 32.1. The summed E-state index contributed by atoms with van der Waals surface area (Å²) in [6, 6.07) is 33.8. The third-order valence-corrected chi connectivity index (χ3v) is 6.64. The topological polar surface area (TPSA) is 24.1 Å². The molecule has 0 unspecified atom stereocenters. The molecule has 0 amide bonds. The molecule has 2 aromatic heterocycles. The lowest BCUT2D eigenvalue weighted by Gasteiger charge is -2.18. The summed E-state index contributed by atoms with van der Waals surface area (Å²) in [5.41, 5.74) is 6.74. The molecule has 0 bridgehead atoms. The van der Waals surface area contributed by atoms with Crippen molar-refractivity contribution >= 4 is 45.4 Å². The Balaban J connectivity index is 1.67. The summed E-state index contributed by atoms with van der Waals surface area (Å²) in [6.07, 6.45) is 0. The van der Waals surface area contributed by atoms with Crippen LogP contribution in [0.4, 0.5) is 22.7 Å². The van der Waals surface area contributed by atoms with Crippen LogP contribution in [0.1, 0.15) is 0 Å². The number of thiophene rings is 2. The molecular formula is C26H20N2S2. The van der Waals surface area contributed by atoms with E-state index < -0.39 is 0 Å². The van der Waals surface area contributed by atoms with Gasteiger partial charge in [0.1, 0.15) is 0 Å². The summed E-state index contributed by atoms with van der Waals surface area (Å²) in [5, 5.41) is 11.5. The van der Waals surface area contributed by atoms with Crippen molar-refractivity contribution in [2.24, 2.45) is 0 Å². The van der Waals surface area contributed by atoms with Crippen LogP contribution in [0.5, 0.6) is 0 Å². The van der Waals surface area contributed by atoms with E-state index in [1.807, 2.05) is 12.1 Å². The highest BCUT2D eigenvalue weighted by molar-refractivity contribution is 7.14. The van der Waals surface area contributed by atoms with Crippen molar-refractivity contribution in [3.63, 3.8) is 0 Å². The molecule has 3 aromatic carbocycles. The summed E-state index contributed by atoms with van der Waals surface area (Å²) in [4.78, 5) is 2.48. The van der Waals surface area contributed by atoms with Crippen LogP contribution < -0.4 is 10.6 Å². The quantitative estimate of drug-likeness (QED) is 0.285. The number of para-hydroxylation sites is 2. The van der Waals surface area contributed by atoms with Crippen LogP contribution in [0.15, 0.2) is 108 Å². The Kier molecular flexibility index (Phi) is 5.34. The van der Waals surface area contributed by atoms with Crippen LogP contribution in [0, 0.1) is 0 Å². The van der Waals surface area contributed by atoms with E-state index in [-0.39, 0.29) is 0 Å². The molecule has 0 aliphatic rings. The zero-order valence-corrected chi connectivity index (χ0v) is 17.8. The number of hydrogen-bond acceptors (Lipinski definition) is 4. The van der Waals surface area contributed by atoms with Gasteiger partial charge in [-0.15, -0.1) is 22.7 Å². The van der Waals surface area contributed by atoms with E-state index in [0.29, 0.717) is 0 Å². The molecule has 2 nitrogen and oxygen atoms in total. The van der Waals surface area contributed by atoms with Gasteiger partial charge in [-0.1, -0.05) is 48.5 Å². The third-order valence-electron chi connectivity index (χ3n) is 4.84. The molecule has 0 atom stereocenters. The van der Waals surface area contributed by atoms with Gasteiger partial charge in [0.05, 0.1) is 0 Å².